The highest BCUT2D eigenvalue weighted by molar-refractivity contribution is 5.95. The Morgan fingerprint density at radius 2 is 2.16 bits per heavy atom. The minimum atomic E-state index is -0.347. The van der Waals surface area contributed by atoms with Crippen molar-refractivity contribution >= 4 is 11.7 Å². The number of benzene rings is 1. The van der Waals surface area contributed by atoms with Gasteiger partial charge in [0.1, 0.15) is 6.33 Å². The van der Waals surface area contributed by atoms with Crippen LogP contribution in [0.15, 0.2) is 30.6 Å². The minimum Gasteiger partial charge on any atom is -0.465 e. The number of ether oxygens (including phenoxy) is 1. The van der Waals surface area contributed by atoms with Crippen LogP contribution in [0.4, 0.5) is 5.69 Å². The van der Waals surface area contributed by atoms with Gasteiger partial charge in [0.15, 0.2) is 5.82 Å². The molecule has 0 unspecified atom stereocenters. The molecule has 0 atom stereocenters. The molecule has 0 aliphatic heterocycles. The summed E-state index contributed by atoms with van der Waals surface area (Å²) in [7, 11) is 5.16. The van der Waals surface area contributed by atoms with E-state index in [9.17, 15) is 4.79 Å². The van der Waals surface area contributed by atoms with Crippen LogP contribution in [-0.4, -0.2) is 34.9 Å². The molecular weight excluding hydrogens is 244 g/mol. The summed E-state index contributed by atoms with van der Waals surface area (Å²) < 4.78 is 6.63. The van der Waals surface area contributed by atoms with Crippen molar-refractivity contribution in [3.8, 4) is 0 Å². The quantitative estimate of drug-likeness (QED) is 0.774. The fourth-order valence-electron chi connectivity index (χ4n) is 1.84. The lowest BCUT2D eigenvalue weighted by molar-refractivity contribution is 0.0601. The maximum absolute atomic E-state index is 11.7. The molecule has 0 spiro atoms. The lowest BCUT2D eigenvalue weighted by Gasteiger charge is -2.20. The third kappa shape index (κ3) is 2.73. The molecule has 1 heterocycles. The van der Waals surface area contributed by atoms with Crippen molar-refractivity contribution in [1.82, 2.24) is 14.8 Å². The predicted octanol–water partition coefficient (Wildman–Crippen LogP) is 1.24. The van der Waals surface area contributed by atoms with E-state index in [4.69, 9.17) is 4.74 Å². The molecular formula is C13H16N4O2. The molecule has 0 amide bonds. The highest BCUT2D eigenvalue weighted by atomic mass is 16.5. The Bertz CT molecular complexity index is 580. The van der Waals surface area contributed by atoms with Gasteiger partial charge in [-0.2, -0.15) is 0 Å². The van der Waals surface area contributed by atoms with Gasteiger partial charge >= 0.3 is 5.97 Å². The molecule has 1 aromatic carbocycles. The molecule has 0 bridgehead atoms. The molecule has 2 aromatic rings. The Morgan fingerprint density at radius 3 is 2.79 bits per heavy atom. The summed E-state index contributed by atoms with van der Waals surface area (Å²) in [5, 5.41) is 7.87. The van der Waals surface area contributed by atoms with Crippen molar-refractivity contribution in [3.05, 3.63) is 42.0 Å². The fraction of sp³-hybridized carbons (Fsp3) is 0.308. The van der Waals surface area contributed by atoms with Gasteiger partial charge in [-0.1, -0.05) is 12.1 Å². The smallest absolute Gasteiger partial charge is 0.339 e. The first-order chi connectivity index (χ1) is 9.13. The summed E-state index contributed by atoms with van der Waals surface area (Å²) in [6.07, 6.45) is 1.65. The fourth-order valence-corrected chi connectivity index (χ4v) is 1.84. The number of carbonyl (C=O) groups is 1. The number of hydrogen-bond acceptors (Lipinski definition) is 5. The van der Waals surface area contributed by atoms with E-state index in [1.807, 2.05) is 41.8 Å². The Hall–Kier alpha value is -2.37. The van der Waals surface area contributed by atoms with E-state index in [1.165, 1.54) is 7.11 Å². The molecule has 6 heteroatoms. The number of esters is 1. The Labute approximate surface area is 111 Å². The molecule has 6 nitrogen and oxygen atoms in total. The van der Waals surface area contributed by atoms with Gasteiger partial charge in [0.2, 0.25) is 0 Å². The number of nitrogens with zero attached hydrogens (tertiary/aromatic N) is 4. The summed E-state index contributed by atoms with van der Waals surface area (Å²) in [5.74, 6) is 0.475. The maximum atomic E-state index is 11.7. The normalized spacial score (nSPS) is 10.3. The number of hydrogen-bond donors (Lipinski definition) is 0. The van der Waals surface area contributed by atoms with Crippen molar-refractivity contribution in [3.63, 3.8) is 0 Å². The molecule has 0 fully saturated rings. The third-order valence-corrected chi connectivity index (χ3v) is 2.90. The van der Waals surface area contributed by atoms with E-state index < -0.39 is 0 Å². The van der Waals surface area contributed by atoms with Crippen LogP contribution in [0.1, 0.15) is 16.2 Å². The van der Waals surface area contributed by atoms with E-state index in [0.29, 0.717) is 12.1 Å². The van der Waals surface area contributed by atoms with Gasteiger partial charge in [-0.25, -0.2) is 4.79 Å². The average Bonchev–Trinajstić information content (AvgIpc) is 2.83. The van der Waals surface area contributed by atoms with Crippen LogP contribution in [0, 0.1) is 0 Å². The van der Waals surface area contributed by atoms with Gasteiger partial charge in [-0.3, -0.25) is 0 Å². The minimum absolute atomic E-state index is 0.347. The van der Waals surface area contributed by atoms with Crippen molar-refractivity contribution in [2.24, 2.45) is 7.05 Å². The number of rotatable bonds is 4. The lowest BCUT2D eigenvalue weighted by Crippen LogP contribution is -2.21. The molecule has 0 N–H and O–H groups in total. The summed E-state index contributed by atoms with van der Waals surface area (Å²) in [4.78, 5) is 13.7. The average molecular weight is 260 g/mol. The molecule has 0 aliphatic rings. The van der Waals surface area contributed by atoms with Crippen LogP contribution in [0.5, 0.6) is 0 Å². The van der Waals surface area contributed by atoms with Crippen LogP contribution in [0.25, 0.3) is 0 Å². The number of aromatic nitrogens is 3. The Balaban J connectivity index is 2.26. The van der Waals surface area contributed by atoms with Crippen molar-refractivity contribution in [2.45, 2.75) is 6.54 Å². The standard InChI is InChI=1S/C13H16N4O2/c1-16(8-12-15-14-9-17(12)2)11-7-5-4-6-10(11)13(18)19-3/h4-7,9H,8H2,1-3H3. The first-order valence-corrected chi connectivity index (χ1v) is 5.85. The van der Waals surface area contributed by atoms with Crippen molar-refractivity contribution in [1.29, 1.82) is 0 Å². The number of para-hydroxylation sites is 1. The van der Waals surface area contributed by atoms with E-state index in [0.717, 1.165) is 11.5 Å². The number of anilines is 1. The highest BCUT2D eigenvalue weighted by Gasteiger charge is 2.15. The molecule has 0 radical (unpaired) electrons. The van der Waals surface area contributed by atoms with Gasteiger partial charge in [-0.05, 0) is 12.1 Å². The van der Waals surface area contributed by atoms with Crippen LogP contribution < -0.4 is 4.90 Å². The lowest BCUT2D eigenvalue weighted by atomic mass is 10.1. The number of carbonyl (C=O) groups excluding carboxylic acids is 1. The molecule has 100 valence electrons. The van der Waals surface area contributed by atoms with Gasteiger partial charge in [0.05, 0.1) is 24.9 Å². The zero-order valence-corrected chi connectivity index (χ0v) is 11.2. The second kappa shape index (κ2) is 5.51. The van der Waals surface area contributed by atoms with Crippen LogP contribution in [0.3, 0.4) is 0 Å². The summed E-state index contributed by atoms with van der Waals surface area (Å²) in [5.41, 5.74) is 1.34. The maximum Gasteiger partial charge on any atom is 0.339 e. The monoisotopic (exact) mass is 260 g/mol. The SMILES string of the molecule is COC(=O)c1ccccc1N(C)Cc1nncn1C. The van der Waals surface area contributed by atoms with E-state index in [-0.39, 0.29) is 5.97 Å². The second-order valence-corrected chi connectivity index (χ2v) is 4.22. The summed E-state index contributed by atoms with van der Waals surface area (Å²) >= 11 is 0. The van der Waals surface area contributed by atoms with Gasteiger partial charge in [0.25, 0.3) is 0 Å². The highest BCUT2D eigenvalue weighted by Crippen LogP contribution is 2.21. The van der Waals surface area contributed by atoms with Crippen LogP contribution >= 0.6 is 0 Å². The zero-order chi connectivity index (χ0) is 13.8. The van der Waals surface area contributed by atoms with E-state index in [1.54, 1.807) is 12.4 Å². The largest absolute Gasteiger partial charge is 0.465 e. The topological polar surface area (TPSA) is 60.2 Å². The molecule has 0 saturated carbocycles. The molecule has 0 saturated heterocycles. The molecule has 1 aromatic heterocycles. The van der Waals surface area contributed by atoms with Gasteiger partial charge < -0.3 is 14.2 Å². The molecule has 0 aliphatic carbocycles. The van der Waals surface area contributed by atoms with E-state index in [2.05, 4.69) is 10.2 Å². The third-order valence-electron chi connectivity index (χ3n) is 2.90. The molecule has 2 rings (SSSR count). The summed E-state index contributed by atoms with van der Waals surface area (Å²) in [6, 6.07) is 7.32. The van der Waals surface area contributed by atoms with Gasteiger partial charge in [-0.15, -0.1) is 10.2 Å². The Kier molecular flexibility index (Phi) is 3.79. The second-order valence-electron chi connectivity index (χ2n) is 4.22. The Morgan fingerprint density at radius 1 is 1.42 bits per heavy atom. The zero-order valence-electron chi connectivity index (χ0n) is 11.2. The summed E-state index contributed by atoms with van der Waals surface area (Å²) in [6.45, 7) is 0.560. The first-order valence-electron chi connectivity index (χ1n) is 5.85. The van der Waals surface area contributed by atoms with Crippen LogP contribution in [-0.2, 0) is 18.3 Å². The van der Waals surface area contributed by atoms with Crippen molar-refractivity contribution in [2.75, 3.05) is 19.1 Å². The number of methoxy groups -OCH3 is 1. The van der Waals surface area contributed by atoms with Gasteiger partial charge in [0, 0.05) is 14.1 Å². The first kappa shape index (κ1) is 13.1. The van der Waals surface area contributed by atoms with E-state index >= 15 is 0 Å². The van der Waals surface area contributed by atoms with Crippen LogP contribution in [0.2, 0.25) is 0 Å². The molecule has 19 heavy (non-hydrogen) atoms. The predicted molar refractivity (Wildman–Crippen MR) is 70.9 cm³/mol. The van der Waals surface area contributed by atoms with Crippen molar-refractivity contribution < 1.29 is 9.53 Å². The number of aryl methyl sites for hydroxylation is 1.